The van der Waals surface area contributed by atoms with E-state index < -0.39 is 0 Å². The molecule has 0 amide bonds. The molecule has 0 radical (unpaired) electrons. The first-order chi connectivity index (χ1) is 8.69. The Morgan fingerprint density at radius 1 is 1.33 bits per heavy atom. The Bertz CT molecular complexity index is 592. The highest BCUT2D eigenvalue weighted by Gasteiger charge is 2.03. The molecule has 1 aromatic carbocycles. The SMILES string of the molecule is CCc1cc(=O)[nH]c(CSc2ccccc2C)n1. The fourth-order valence-electron chi connectivity index (χ4n) is 1.68. The Hall–Kier alpha value is -1.55. The van der Waals surface area contributed by atoms with Crippen LogP contribution in [0, 0.1) is 6.92 Å². The molecule has 94 valence electrons. The maximum absolute atomic E-state index is 11.4. The molecule has 0 saturated carbocycles. The van der Waals surface area contributed by atoms with Crippen LogP contribution in [-0.2, 0) is 12.2 Å². The lowest BCUT2D eigenvalue weighted by molar-refractivity contribution is 0.920. The summed E-state index contributed by atoms with van der Waals surface area (Å²) < 4.78 is 0. The summed E-state index contributed by atoms with van der Waals surface area (Å²) in [6, 6.07) is 9.77. The van der Waals surface area contributed by atoms with Crippen molar-refractivity contribution < 1.29 is 0 Å². The summed E-state index contributed by atoms with van der Waals surface area (Å²) in [4.78, 5) is 19.9. The van der Waals surface area contributed by atoms with Gasteiger partial charge >= 0.3 is 0 Å². The van der Waals surface area contributed by atoms with Crippen molar-refractivity contribution in [3.05, 3.63) is 57.8 Å². The number of rotatable bonds is 4. The highest BCUT2D eigenvalue weighted by atomic mass is 32.2. The van der Waals surface area contributed by atoms with Crippen molar-refractivity contribution in [2.45, 2.75) is 30.9 Å². The van der Waals surface area contributed by atoms with E-state index in [-0.39, 0.29) is 5.56 Å². The van der Waals surface area contributed by atoms with Gasteiger partial charge in [-0.1, -0.05) is 25.1 Å². The van der Waals surface area contributed by atoms with Crippen LogP contribution in [-0.4, -0.2) is 9.97 Å². The molecular weight excluding hydrogens is 244 g/mol. The average Bonchev–Trinajstić information content (AvgIpc) is 2.37. The molecule has 0 aliphatic rings. The molecule has 0 aliphatic heterocycles. The second kappa shape index (κ2) is 5.87. The van der Waals surface area contributed by atoms with E-state index in [1.807, 2.05) is 19.1 Å². The van der Waals surface area contributed by atoms with Gasteiger partial charge in [-0.15, -0.1) is 11.8 Å². The van der Waals surface area contributed by atoms with Crippen LogP contribution in [0.2, 0.25) is 0 Å². The number of hydrogen-bond acceptors (Lipinski definition) is 3. The molecule has 0 atom stereocenters. The van der Waals surface area contributed by atoms with Gasteiger partial charge < -0.3 is 4.98 Å². The largest absolute Gasteiger partial charge is 0.310 e. The number of H-pyrrole nitrogens is 1. The van der Waals surface area contributed by atoms with Crippen LogP contribution in [0.4, 0.5) is 0 Å². The van der Waals surface area contributed by atoms with Gasteiger partial charge in [0.05, 0.1) is 5.75 Å². The average molecular weight is 260 g/mol. The van der Waals surface area contributed by atoms with Crippen molar-refractivity contribution in [1.82, 2.24) is 9.97 Å². The van der Waals surface area contributed by atoms with Gasteiger partial charge in [-0.05, 0) is 25.0 Å². The molecule has 0 fully saturated rings. The number of hydrogen-bond donors (Lipinski definition) is 1. The lowest BCUT2D eigenvalue weighted by Gasteiger charge is -2.05. The minimum Gasteiger partial charge on any atom is -0.310 e. The molecule has 1 aromatic heterocycles. The Morgan fingerprint density at radius 2 is 2.11 bits per heavy atom. The summed E-state index contributed by atoms with van der Waals surface area (Å²) in [5.74, 6) is 1.43. The second-order valence-electron chi connectivity index (χ2n) is 4.09. The van der Waals surface area contributed by atoms with E-state index in [0.29, 0.717) is 5.75 Å². The topological polar surface area (TPSA) is 45.8 Å². The molecule has 2 rings (SSSR count). The summed E-state index contributed by atoms with van der Waals surface area (Å²) >= 11 is 1.70. The number of aromatic nitrogens is 2. The van der Waals surface area contributed by atoms with E-state index in [1.54, 1.807) is 17.8 Å². The Morgan fingerprint density at radius 3 is 2.83 bits per heavy atom. The van der Waals surface area contributed by atoms with Gasteiger partial charge in [0.2, 0.25) is 0 Å². The monoisotopic (exact) mass is 260 g/mol. The van der Waals surface area contributed by atoms with Crippen LogP contribution in [0.15, 0.2) is 40.0 Å². The fourth-order valence-corrected chi connectivity index (χ4v) is 2.58. The lowest BCUT2D eigenvalue weighted by atomic mass is 10.2. The molecule has 0 aliphatic carbocycles. The number of aromatic amines is 1. The normalized spacial score (nSPS) is 10.6. The van der Waals surface area contributed by atoms with Gasteiger partial charge in [0, 0.05) is 16.7 Å². The molecule has 1 N–H and O–H groups in total. The third kappa shape index (κ3) is 3.23. The van der Waals surface area contributed by atoms with Crippen molar-refractivity contribution in [2.24, 2.45) is 0 Å². The predicted molar refractivity (Wildman–Crippen MR) is 75.0 cm³/mol. The maximum Gasteiger partial charge on any atom is 0.251 e. The van der Waals surface area contributed by atoms with Crippen molar-refractivity contribution in [2.75, 3.05) is 0 Å². The van der Waals surface area contributed by atoms with E-state index in [0.717, 1.165) is 17.9 Å². The summed E-state index contributed by atoms with van der Waals surface area (Å²) in [6.45, 7) is 4.08. The minimum atomic E-state index is -0.0674. The standard InChI is InChI=1S/C14H16N2OS/c1-3-11-8-14(17)16-13(15-11)9-18-12-7-5-4-6-10(12)2/h4-8H,3,9H2,1-2H3,(H,15,16,17). The van der Waals surface area contributed by atoms with Gasteiger partial charge in [-0.3, -0.25) is 4.79 Å². The third-order valence-electron chi connectivity index (χ3n) is 2.66. The Balaban J connectivity index is 2.13. The third-order valence-corrected chi connectivity index (χ3v) is 3.85. The molecule has 4 heteroatoms. The molecule has 0 unspecified atom stereocenters. The summed E-state index contributed by atoms with van der Waals surface area (Å²) in [7, 11) is 0. The molecule has 0 saturated heterocycles. The molecule has 1 heterocycles. The number of aryl methyl sites for hydroxylation is 2. The molecule has 0 spiro atoms. The Kier molecular flexibility index (Phi) is 4.20. The quantitative estimate of drug-likeness (QED) is 0.860. The first-order valence-corrected chi connectivity index (χ1v) is 6.95. The molecular formula is C14H16N2OS. The lowest BCUT2D eigenvalue weighted by Crippen LogP contribution is -2.11. The van der Waals surface area contributed by atoms with Crippen molar-refractivity contribution in [3.63, 3.8) is 0 Å². The van der Waals surface area contributed by atoms with Crippen molar-refractivity contribution in [3.8, 4) is 0 Å². The van der Waals surface area contributed by atoms with E-state index >= 15 is 0 Å². The van der Waals surface area contributed by atoms with E-state index in [9.17, 15) is 4.79 Å². The maximum atomic E-state index is 11.4. The molecule has 0 bridgehead atoms. The fraction of sp³-hybridized carbons (Fsp3) is 0.286. The van der Waals surface area contributed by atoms with Crippen LogP contribution in [0.1, 0.15) is 24.0 Å². The van der Waals surface area contributed by atoms with Crippen molar-refractivity contribution >= 4 is 11.8 Å². The highest BCUT2D eigenvalue weighted by molar-refractivity contribution is 7.98. The summed E-state index contributed by atoms with van der Waals surface area (Å²) in [6.07, 6.45) is 0.784. The van der Waals surface area contributed by atoms with Crippen LogP contribution < -0.4 is 5.56 Å². The first kappa shape index (κ1) is 12.9. The number of nitrogens with zero attached hydrogens (tertiary/aromatic N) is 1. The van der Waals surface area contributed by atoms with E-state index in [1.165, 1.54) is 10.5 Å². The zero-order chi connectivity index (χ0) is 13.0. The summed E-state index contributed by atoms with van der Waals surface area (Å²) in [5.41, 5.74) is 2.03. The van der Waals surface area contributed by atoms with Crippen molar-refractivity contribution in [1.29, 1.82) is 0 Å². The predicted octanol–water partition coefficient (Wildman–Crippen LogP) is 2.93. The molecule has 3 nitrogen and oxygen atoms in total. The smallest absolute Gasteiger partial charge is 0.251 e. The van der Waals surface area contributed by atoms with Gasteiger partial charge in [0.25, 0.3) is 5.56 Å². The number of nitrogens with one attached hydrogen (secondary N) is 1. The van der Waals surface area contributed by atoms with E-state index in [2.05, 4.69) is 29.0 Å². The Labute approximate surface area is 111 Å². The minimum absolute atomic E-state index is 0.0674. The summed E-state index contributed by atoms with van der Waals surface area (Å²) in [5, 5.41) is 0. The van der Waals surface area contributed by atoms with Crippen LogP contribution in [0.3, 0.4) is 0 Å². The van der Waals surface area contributed by atoms with Gasteiger partial charge in [-0.25, -0.2) is 4.98 Å². The van der Waals surface area contributed by atoms with E-state index in [4.69, 9.17) is 0 Å². The van der Waals surface area contributed by atoms with Crippen LogP contribution >= 0.6 is 11.8 Å². The van der Waals surface area contributed by atoms with Gasteiger partial charge in [0.1, 0.15) is 5.82 Å². The van der Waals surface area contributed by atoms with Crippen LogP contribution in [0.25, 0.3) is 0 Å². The molecule has 18 heavy (non-hydrogen) atoms. The van der Waals surface area contributed by atoms with Crippen LogP contribution in [0.5, 0.6) is 0 Å². The van der Waals surface area contributed by atoms with Gasteiger partial charge in [-0.2, -0.15) is 0 Å². The highest BCUT2D eigenvalue weighted by Crippen LogP contribution is 2.24. The van der Waals surface area contributed by atoms with Gasteiger partial charge in [0.15, 0.2) is 0 Å². The second-order valence-corrected chi connectivity index (χ2v) is 5.11. The number of benzene rings is 1. The molecule has 2 aromatic rings. The zero-order valence-electron chi connectivity index (χ0n) is 10.6. The first-order valence-electron chi connectivity index (χ1n) is 5.96. The number of thioether (sulfide) groups is 1. The zero-order valence-corrected chi connectivity index (χ0v) is 11.4.